The summed E-state index contributed by atoms with van der Waals surface area (Å²) in [6, 6.07) is 15.8. The molecule has 3 nitrogen and oxygen atoms in total. The van der Waals surface area contributed by atoms with E-state index in [0.717, 1.165) is 29.0 Å². The molecular formula is C17H19NO2. The van der Waals surface area contributed by atoms with Crippen molar-refractivity contribution in [3.05, 3.63) is 65.2 Å². The zero-order valence-corrected chi connectivity index (χ0v) is 11.8. The van der Waals surface area contributed by atoms with Crippen molar-refractivity contribution in [2.45, 2.75) is 12.1 Å². The van der Waals surface area contributed by atoms with Crippen molar-refractivity contribution in [2.24, 2.45) is 0 Å². The van der Waals surface area contributed by atoms with Gasteiger partial charge >= 0.3 is 0 Å². The first-order chi connectivity index (χ1) is 9.63. The van der Waals surface area contributed by atoms with E-state index in [4.69, 9.17) is 4.74 Å². The van der Waals surface area contributed by atoms with E-state index in [0.29, 0.717) is 6.54 Å². The third kappa shape index (κ3) is 2.09. The smallest absolute Gasteiger partial charge is 0.128 e. The average Bonchev–Trinajstić information content (AvgIpc) is 2.47. The fraction of sp³-hybridized carbons (Fsp3) is 0.294. The topological polar surface area (TPSA) is 32.7 Å². The molecule has 3 rings (SSSR count). The van der Waals surface area contributed by atoms with Gasteiger partial charge in [0.1, 0.15) is 11.4 Å². The van der Waals surface area contributed by atoms with E-state index in [9.17, 15) is 5.11 Å². The van der Waals surface area contributed by atoms with Crippen LogP contribution in [0, 0.1) is 0 Å². The predicted octanol–water partition coefficient (Wildman–Crippen LogP) is 2.38. The van der Waals surface area contributed by atoms with Crippen LogP contribution in [-0.4, -0.2) is 30.7 Å². The van der Waals surface area contributed by atoms with Gasteiger partial charge in [0.05, 0.1) is 7.11 Å². The Morgan fingerprint density at radius 3 is 2.60 bits per heavy atom. The maximum Gasteiger partial charge on any atom is 0.128 e. The Bertz CT molecular complexity index is 612. The highest BCUT2D eigenvalue weighted by atomic mass is 16.5. The molecule has 1 heterocycles. The van der Waals surface area contributed by atoms with Crippen LogP contribution in [0.15, 0.2) is 48.5 Å². The van der Waals surface area contributed by atoms with Gasteiger partial charge in [0.2, 0.25) is 0 Å². The zero-order valence-electron chi connectivity index (χ0n) is 11.8. The predicted molar refractivity (Wildman–Crippen MR) is 78.8 cm³/mol. The Morgan fingerprint density at radius 2 is 1.90 bits per heavy atom. The van der Waals surface area contributed by atoms with Crippen LogP contribution >= 0.6 is 0 Å². The van der Waals surface area contributed by atoms with E-state index in [1.165, 1.54) is 0 Å². The normalized spacial score (nSPS) is 22.4. The summed E-state index contributed by atoms with van der Waals surface area (Å²) in [6.45, 7) is 1.41. The Morgan fingerprint density at radius 1 is 1.15 bits per heavy atom. The summed E-state index contributed by atoms with van der Waals surface area (Å²) in [5, 5.41) is 11.2. The second kappa shape index (κ2) is 4.93. The molecule has 0 radical (unpaired) electrons. The number of hydrogen-bond acceptors (Lipinski definition) is 3. The summed E-state index contributed by atoms with van der Waals surface area (Å²) in [4.78, 5) is 2.13. The summed E-state index contributed by atoms with van der Waals surface area (Å²) < 4.78 is 5.29. The molecule has 1 aliphatic rings. The standard InChI is InChI=1S/C17H19NO2/c1-18-11-13-10-15(20-2)8-9-16(13)17(19,12-18)14-6-4-3-5-7-14/h3-10,19H,11-12H2,1-2H3. The molecule has 0 bridgehead atoms. The van der Waals surface area contributed by atoms with Crippen LogP contribution in [0.4, 0.5) is 0 Å². The van der Waals surface area contributed by atoms with Crippen LogP contribution < -0.4 is 4.74 Å². The van der Waals surface area contributed by atoms with E-state index in [-0.39, 0.29) is 0 Å². The Labute approximate surface area is 119 Å². The Hall–Kier alpha value is -1.84. The van der Waals surface area contributed by atoms with E-state index in [1.807, 2.05) is 55.6 Å². The van der Waals surface area contributed by atoms with Crippen LogP contribution in [0.2, 0.25) is 0 Å². The largest absolute Gasteiger partial charge is 0.497 e. The molecule has 0 saturated carbocycles. The molecule has 0 saturated heterocycles. The molecule has 1 unspecified atom stereocenters. The molecule has 0 aromatic heterocycles. The van der Waals surface area contributed by atoms with Gasteiger partial charge in [0.15, 0.2) is 0 Å². The maximum absolute atomic E-state index is 11.2. The van der Waals surface area contributed by atoms with Crippen molar-refractivity contribution in [3.63, 3.8) is 0 Å². The van der Waals surface area contributed by atoms with E-state index in [1.54, 1.807) is 7.11 Å². The zero-order chi connectivity index (χ0) is 14.2. The molecule has 1 aliphatic heterocycles. The van der Waals surface area contributed by atoms with Gasteiger partial charge in [-0.25, -0.2) is 0 Å². The third-order valence-corrected chi connectivity index (χ3v) is 3.95. The second-order valence-corrected chi connectivity index (χ2v) is 5.42. The molecular weight excluding hydrogens is 250 g/mol. The number of ether oxygens (including phenoxy) is 1. The summed E-state index contributed by atoms with van der Waals surface area (Å²) in [5.74, 6) is 0.828. The lowest BCUT2D eigenvalue weighted by molar-refractivity contribution is 0.0282. The number of likely N-dealkylation sites (N-methyl/N-ethyl adjacent to an activating group) is 1. The van der Waals surface area contributed by atoms with Gasteiger partial charge in [-0.15, -0.1) is 0 Å². The number of methoxy groups -OCH3 is 1. The van der Waals surface area contributed by atoms with Crippen molar-refractivity contribution in [2.75, 3.05) is 20.7 Å². The van der Waals surface area contributed by atoms with Crippen molar-refractivity contribution >= 4 is 0 Å². The first-order valence-electron chi connectivity index (χ1n) is 6.77. The van der Waals surface area contributed by atoms with E-state index in [2.05, 4.69) is 4.90 Å². The van der Waals surface area contributed by atoms with Gasteiger partial charge in [-0.05, 0) is 35.9 Å². The van der Waals surface area contributed by atoms with Gasteiger partial charge < -0.3 is 9.84 Å². The van der Waals surface area contributed by atoms with Crippen LogP contribution in [0.3, 0.4) is 0 Å². The summed E-state index contributed by atoms with van der Waals surface area (Å²) >= 11 is 0. The summed E-state index contributed by atoms with van der Waals surface area (Å²) in [6.07, 6.45) is 0. The lowest BCUT2D eigenvalue weighted by atomic mass is 9.80. The molecule has 0 fully saturated rings. The highest BCUT2D eigenvalue weighted by molar-refractivity contribution is 5.46. The fourth-order valence-corrected chi connectivity index (χ4v) is 3.01. The number of β-amino-alcohol motifs (C(OH)–C–C–N with tert-alkyl or cyclic N) is 1. The molecule has 2 aromatic rings. The molecule has 0 amide bonds. The highest BCUT2D eigenvalue weighted by Gasteiger charge is 2.38. The highest BCUT2D eigenvalue weighted by Crippen LogP contribution is 2.38. The van der Waals surface area contributed by atoms with Crippen molar-refractivity contribution in [1.82, 2.24) is 4.90 Å². The molecule has 1 atom stereocenters. The molecule has 1 N–H and O–H groups in total. The molecule has 104 valence electrons. The first-order valence-corrected chi connectivity index (χ1v) is 6.77. The fourth-order valence-electron chi connectivity index (χ4n) is 3.01. The van der Waals surface area contributed by atoms with Crippen LogP contribution in [0.1, 0.15) is 16.7 Å². The molecule has 3 heteroatoms. The summed E-state index contributed by atoms with van der Waals surface area (Å²) in [7, 11) is 3.69. The second-order valence-electron chi connectivity index (χ2n) is 5.42. The van der Waals surface area contributed by atoms with Crippen LogP contribution in [0.5, 0.6) is 5.75 Å². The number of benzene rings is 2. The lowest BCUT2D eigenvalue weighted by Gasteiger charge is -2.39. The molecule has 0 aliphatic carbocycles. The lowest BCUT2D eigenvalue weighted by Crippen LogP contribution is -2.44. The van der Waals surface area contributed by atoms with E-state index >= 15 is 0 Å². The molecule has 2 aromatic carbocycles. The Kier molecular flexibility index (Phi) is 3.24. The van der Waals surface area contributed by atoms with Crippen molar-refractivity contribution in [3.8, 4) is 5.75 Å². The van der Waals surface area contributed by atoms with Crippen molar-refractivity contribution in [1.29, 1.82) is 0 Å². The number of rotatable bonds is 2. The number of hydrogen-bond donors (Lipinski definition) is 1. The quantitative estimate of drug-likeness (QED) is 0.908. The summed E-state index contributed by atoms with van der Waals surface area (Å²) in [5.41, 5.74) is 2.06. The van der Waals surface area contributed by atoms with E-state index < -0.39 is 5.60 Å². The van der Waals surface area contributed by atoms with Gasteiger partial charge in [-0.1, -0.05) is 36.4 Å². The van der Waals surface area contributed by atoms with Gasteiger partial charge in [-0.3, -0.25) is 4.90 Å². The third-order valence-electron chi connectivity index (χ3n) is 3.95. The Balaban J connectivity index is 2.15. The first kappa shape index (κ1) is 13.2. The average molecular weight is 269 g/mol. The number of nitrogens with zero attached hydrogens (tertiary/aromatic N) is 1. The minimum Gasteiger partial charge on any atom is -0.497 e. The van der Waals surface area contributed by atoms with Crippen molar-refractivity contribution < 1.29 is 9.84 Å². The van der Waals surface area contributed by atoms with Gasteiger partial charge in [0, 0.05) is 13.1 Å². The molecule has 20 heavy (non-hydrogen) atoms. The monoisotopic (exact) mass is 269 g/mol. The maximum atomic E-state index is 11.2. The molecule has 0 spiro atoms. The number of fused-ring (bicyclic) bond motifs is 1. The minimum atomic E-state index is -0.962. The van der Waals surface area contributed by atoms with Gasteiger partial charge in [-0.2, -0.15) is 0 Å². The number of aliphatic hydroxyl groups is 1. The van der Waals surface area contributed by atoms with Crippen LogP contribution in [-0.2, 0) is 12.1 Å². The SMILES string of the molecule is COc1ccc2c(c1)CN(C)CC2(O)c1ccccc1. The minimum absolute atomic E-state index is 0.594. The van der Waals surface area contributed by atoms with Gasteiger partial charge in [0.25, 0.3) is 0 Å². The van der Waals surface area contributed by atoms with Crippen LogP contribution in [0.25, 0.3) is 0 Å².